The topological polar surface area (TPSA) is 103 Å². The van der Waals surface area contributed by atoms with Gasteiger partial charge in [-0.1, -0.05) is 0 Å². The van der Waals surface area contributed by atoms with Crippen molar-refractivity contribution in [3.8, 4) is 5.75 Å². The van der Waals surface area contributed by atoms with E-state index in [0.29, 0.717) is 29.8 Å². The van der Waals surface area contributed by atoms with Gasteiger partial charge in [0.2, 0.25) is 5.43 Å². The van der Waals surface area contributed by atoms with Crippen LogP contribution in [-0.2, 0) is 0 Å². The van der Waals surface area contributed by atoms with E-state index in [0.717, 1.165) is 18.5 Å². The first-order chi connectivity index (χ1) is 11.0. The van der Waals surface area contributed by atoms with Crippen molar-refractivity contribution >= 4 is 22.6 Å². The normalized spacial score (nSPS) is 23.1. The second-order valence-electron chi connectivity index (χ2n) is 6.05. The number of hydrogen-bond donors (Lipinski definition) is 3. The van der Waals surface area contributed by atoms with Gasteiger partial charge in [0.1, 0.15) is 17.9 Å². The Hall–Kier alpha value is -2.54. The number of rotatable bonds is 1. The van der Waals surface area contributed by atoms with Crippen molar-refractivity contribution < 1.29 is 19.7 Å². The van der Waals surface area contributed by atoms with Crippen LogP contribution in [0.2, 0.25) is 0 Å². The smallest absolute Gasteiger partial charge is 0.341 e. The van der Waals surface area contributed by atoms with E-state index in [-0.39, 0.29) is 17.7 Å². The second-order valence-corrected chi connectivity index (χ2v) is 6.05. The number of aliphatic hydroxyl groups is 1. The van der Waals surface area contributed by atoms with Crippen molar-refractivity contribution in [2.75, 3.05) is 18.1 Å². The Morgan fingerprint density at radius 3 is 2.96 bits per heavy atom. The number of aromatic amines is 1. The van der Waals surface area contributed by atoms with Gasteiger partial charge >= 0.3 is 5.97 Å². The number of aromatic carboxylic acids is 1. The van der Waals surface area contributed by atoms with Crippen LogP contribution >= 0.6 is 0 Å². The molecule has 0 aliphatic carbocycles. The standard InChI is InChI=1S/C16H16N2O5/c19-9-2-1-8-7-23-14-3-10-12(4-13(14)18(8)6-9)17-5-11(15(10)20)16(21)22/h3-5,8-9,19H,1-2,6-7H2,(H,17,20)(H,21,22). The molecule has 2 aromatic rings. The number of fused-ring (bicyclic) bond motifs is 4. The summed E-state index contributed by atoms with van der Waals surface area (Å²) in [5.41, 5.74) is 0.562. The lowest BCUT2D eigenvalue weighted by atomic mass is 9.97. The van der Waals surface area contributed by atoms with Gasteiger partial charge in [-0.25, -0.2) is 4.79 Å². The molecule has 2 atom stereocenters. The number of carboxylic acid groups (broad SMARTS) is 1. The number of aromatic nitrogens is 1. The molecule has 7 heteroatoms. The summed E-state index contributed by atoms with van der Waals surface area (Å²) < 4.78 is 5.77. The fourth-order valence-electron chi connectivity index (χ4n) is 3.40. The van der Waals surface area contributed by atoms with Crippen LogP contribution in [-0.4, -0.2) is 46.5 Å². The van der Waals surface area contributed by atoms with Gasteiger partial charge < -0.3 is 24.8 Å². The molecule has 0 amide bonds. The molecule has 3 heterocycles. The molecule has 1 saturated heterocycles. The van der Waals surface area contributed by atoms with E-state index in [1.165, 1.54) is 6.20 Å². The molecule has 2 aliphatic rings. The van der Waals surface area contributed by atoms with E-state index in [9.17, 15) is 14.7 Å². The van der Waals surface area contributed by atoms with Crippen LogP contribution in [0.1, 0.15) is 23.2 Å². The second kappa shape index (κ2) is 4.99. The number of hydrogen-bond acceptors (Lipinski definition) is 5. The lowest BCUT2D eigenvalue weighted by Crippen LogP contribution is -2.50. The fraction of sp³-hybridized carbons (Fsp3) is 0.375. The van der Waals surface area contributed by atoms with Crippen molar-refractivity contribution in [1.29, 1.82) is 0 Å². The van der Waals surface area contributed by atoms with E-state index in [4.69, 9.17) is 9.84 Å². The van der Waals surface area contributed by atoms with Crippen molar-refractivity contribution in [3.05, 3.63) is 34.1 Å². The number of piperidine rings is 1. The average molecular weight is 316 g/mol. The highest BCUT2D eigenvalue weighted by Gasteiger charge is 2.33. The minimum atomic E-state index is -1.26. The third-order valence-electron chi connectivity index (χ3n) is 4.61. The molecule has 3 N–H and O–H groups in total. The lowest BCUT2D eigenvalue weighted by molar-refractivity contribution is 0.0695. The van der Waals surface area contributed by atoms with Crippen LogP contribution in [0.4, 0.5) is 5.69 Å². The zero-order valence-corrected chi connectivity index (χ0v) is 12.3. The van der Waals surface area contributed by atoms with Gasteiger partial charge in [-0.2, -0.15) is 0 Å². The third-order valence-corrected chi connectivity index (χ3v) is 4.61. The molecular weight excluding hydrogens is 300 g/mol. The number of nitrogens with one attached hydrogen (secondary N) is 1. The van der Waals surface area contributed by atoms with Crippen LogP contribution in [0.15, 0.2) is 23.1 Å². The highest BCUT2D eigenvalue weighted by molar-refractivity contribution is 5.94. The molecule has 0 radical (unpaired) electrons. The maximum Gasteiger partial charge on any atom is 0.341 e. The minimum absolute atomic E-state index is 0.216. The average Bonchev–Trinajstić information content (AvgIpc) is 2.53. The van der Waals surface area contributed by atoms with Crippen molar-refractivity contribution in [1.82, 2.24) is 4.98 Å². The van der Waals surface area contributed by atoms with Crippen molar-refractivity contribution in [3.63, 3.8) is 0 Å². The largest absolute Gasteiger partial charge is 0.489 e. The lowest BCUT2D eigenvalue weighted by Gasteiger charge is -2.43. The Bertz CT molecular complexity index is 859. The number of ether oxygens (including phenoxy) is 1. The van der Waals surface area contributed by atoms with Crippen molar-refractivity contribution in [2.45, 2.75) is 25.0 Å². The van der Waals surface area contributed by atoms with E-state index in [1.807, 2.05) is 0 Å². The summed E-state index contributed by atoms with van der Waals surface area (Å²) in [4.78, 5) is 28.4. The maximum absolute atomic E-state index is 12.3. The number of H-pyrrole nitrogens is 1. The Labute approximate surface area is 131 Å². The molecule has 120 valence electrons. The Balaban J connectivity index is 1.88. The highest BCUT2D eigenvalue weighted by atomic mass is 16.5. The Morgan fingerprint density at radius 2 is 2.17 bits per heavy atom. The quantitative estimate of drug-likeness (QED) is 0.724. The molecule has 0 bridgehead atoms. The van der Waals surface area contributed by atoms with E-state index in [1.54, 1.807) is 12.1 Å². The summed E-state index contributed by atoms with van der Waals surface area (Å²) in [5, 5.41) is 19.3. The predicted molar refractivity (Wildman–Crippen MR) is 83.4 cm³/mol. The SMILES string of the molecule is O=C(O)c1c[nH]c2cc3c(cc2c1=O)OCC1CCC(O)CN31. The Morgan fingerprint density at radius 1 is 1.35 bits per heavy atom. The van der Waals surface area contributed by atoms with Crippen LogP contribution in [0.3, 0.4) is 0 Å². The maximum atomic E-state index is 12.3. The monoisotopic (exact) mass is 316 g/mol. The first-order valence-corrected chi connectivity index (χ1v) is 7.55. The molecule has 2 unspecified atom stereocenters. The summed E-state index contributed by atoms with van der Waals surface area (Å²) in [5.74, 6) is -0.707. The van der Waals surface area contributed by atoms with Crippen LogP contribution < -0.4 is 15.1 Å². The zero-order chi connectivity index (χ0) is 16.1. The van der Waals surface area contributed by atoms with Crippen molar-refractivity contribution in [2.24, 2.45) is 0 Å². The van der Waals surface area contributed by atoms with Gasteiger partial charge in [-0.05, 0) is 25.0 Å². The molecule has 1 fully saturated rings. The van der Waals surface area contributed by atoms with Gasteiger partial charge in [0.05, 0.1) is 28.7 Å². The first-order valence-electron chi connectivity index (χ1n) is 7.55. The predicted octanol–water partition coefficient (Wildman–Crippen LogP) is 0.948. The number of carboxylic acids is 1. The van der Waals surface area contributed by atoms with Crippen LogP contribution in [0, 0.1) is 0 Å². The molecule has 1 aromatic heterocycles. The van der Waals surface area contributed by atoms with E-state index >= 15 is 0 Å². The third kappa shape index (κ3) is 2.16. The highest BCUT2D eigenvalue weighted by Crippen LogP contribution is 2.39. The van der Waals surface area contributed by atoms with Gasteiger partial charge in [0, 0.05) is 12.7 Å². The number of nitrogens with zero attached hydrogens (tertiary/aromatic N) is 1. The number of anilines is 1. The molecule has 1 aromatic carbocycles. The van der Waals surface area contributed by atoms with E-state index in [2.05, 4.69) is 9.88 Å². The molecule has 23 heavy (non-hydrogen) atoms. The molecule has 0 spiro atoms. The molecule has 7 nitrogen and oxygen atoms in total. The number of carbonyl (C=O) groups is 1. The van der Waals surface area contributed by atoms with Gasteiger partial charge in [0.15, 0.2) is 0 Å². The summed E-state index contributed by atoms with van der Waals surface area (Å²) in [6, 6.07) is 3.60. The summed E-state index contributed by atoms with van der Waals surface area (Å²) >= 11 is 0. The molecule has 0 saturated carbocycles. The molecule has 2 aliphatic heterocycles. The molecular formula is C16H16N2O5. The number of benzene rings is 1. The Kier molecular flexibility index (Phi) is 3.05. The minimum Gasteiger partial charge on any atom is -0.489 e. The fourth-order valence-corrected chi connectivity index (χ4v) is 3.40. The van der Waals surface area contributed by atoms with Gasteiger partial charge in [0.25, 0.3) is 0 Å². The molecule has 4 rings (SSSR count). The van der Waals surface area contributed by atoms with Gasteiger partial charge in [-0.3, -0.25) is 4.79 Å². The number of aliphatic hydroxyl groups excluding tert-OH is 1. The van der Waals surface area contributed by atoms with E-state index < -0.39 is 11.4 Å². The summed E-state index contributed by atoms with van der Waals surface area (Å²) in [7, 11) is 0. The zero-order valence-electron chi connectivity index (χ0n) is 12.3. The van der Waals surface area contributed by atoms with Gasteiger partial charge in [-0.15, -0.1) is 0 Å². The number of pyridine rings is 1. The summed E-state index contributed by atoms with van der Waals surface area (Å²) in [6.45, 7) is 1.03. The van der Waals surface area contributed by atoms with Crippen LogP contribution in [0.25, 0.3) is 10.9 Å². The van der Waals surface area contributed by atoms with Crippen LogP contribution in [0.5, 0.6) is 5.75 Å². The first kappa shape index (κ1) is 14.1. The summed E-state index contributed by atoms with van der Waals surface area (Å²) in [6.07, 6.45) is 2.45.